The predicted molar refractivity (Wildman–Crippen MR) is 135 cm³/mol. The van der Waals surface area contributed by atoms with Gasteiger partial charge in [0.1, 0.15) is 34.4 Å². The zero-order valence-corrected chi connectivity index (χ0v) is 21.1. The third-order valence-corrected chi connectivity index (χ3v) is 7.61. The van der Waals surface area contributed by atoms with Gasteiger partial charge < -0.3 is 18.4 Å². The Morgan fingerprint density at radius 1 is 1.00 bits per heavy atom. The first-order valence-electron chi connectivity index (χ1n) is 11.5. The Hall–Kier alpha value is -3.45. The van der Waals surface area contributed by atoms with Crippen molar-refractivity contribution in [3.05, 3.63) is 76.9 Å². The van der Waals surface area contributed by atoms with Crippen LogP contribution in [0.5, 0.6) is 23.0 Å². The fraction of sp³-hybridized carbons (Fsp3) is 0.286. The van der Waals surface area contributed by atoms with Crippen LogP contribution in [-0.2, 0) is 16.5 Å². The van der Waals surface area contributed by atoms with E-state index in [2.05, 4.69) is 13.8 Å². The number of benzene rings is 3. The lowest BCUT2D eigenvalue weighted by Gasteiger charge is -2.34. The van der Waals surface area contributed by atoms with Crippen molar-refractivity contribution >= 4 is 21.8 Å². The molecule has 3 aromatic rings. The molecule has 2 aliphatic heterocycles. The maximum atomic E-state index is 13.0. The lowest BCUT2D eigenvalue weighted by Crippen LogP contribution is -2.33. The second-order valence-electron chi connectivity index (χ2n) is 9.49. The zero-order chi connectivity index (χ0) is 24.8. The quantitative estimate of drug-likeness (QED) is 0.419. The second-order valence-corrected chi connectivity index (χ2v) is 11.0. The van der Waals surface area contributed by atoms with Gasteiger partial charge in [-0.3, -0.25) is 0 Å². The average Bonchev–Trinajstić information content (AvgIpc) is 2.83. The molecule has 0 atom stereocenters. The van der Waals surface area contributed by atoms with E-state index in [1.54, 1.807) is 30.3 Å². The Morgan fingerprint density at radius 3 is 2.51 bits per heavy atom. The monoisotopic (exact) mass is 492 g/mol. The van der Waals surface area contributed by atoms with Gasteiger partial charge in [-0.1, -0.05) is 17.7 Å². The highest BCUT2D eigenvalue weighted by Crippen LogP contribution is 2.44. The van der Waals surface area contributed by atoms with Crippen molar-refractivity contribution in [2.45, 2.75) is 44.1 Å². The van der Waals surface area contributed by atoms with Crippen LogP contribution in [0.2, 0.25) is 0 Å². The molecule has 0 amide bonds. The van der Waals surface area contributed by atoms with Crippen molar-refractivity contribution in [1.82, 2.24) is 0 Å². The molecule has 0 unspecified atom stereocenters. The maximum Gasteiger partial charge on any atom is 0.339 e. The molecule has 0 aliphatic carbocycles. The second kappa shape index (κ2) is 8.64. The fourth-order valence-electron chi connectivity index (χ4n) is 4.39. The van der Waals surface area contributed by atoms with E-state index in [0.29, 0.717) is 11.3 Å². The normalized spacial score (nSPS) is 16.2. The van der Waals surface area contributed by atoms with Gasteiger partial charge in [0.05, 0.1) is 7.11 Å². The van der Waals surface area contributed by atoms with Crippen LogP contribution in [0.15, 0.2) is 59.5 Å². The summed E-state index contributed by atoms with van der Waals surface area (Å²) in [4.78, 5) is 0.0886. The number of rotatable bonds is 5. The van der Waals surface area contributed by atoms with Gasteiger partial charge in [-0.15, -0.1) is 0 Å². The lowest BCUT2D eigenvalue weighted by atomic mass is 9.91. The number of hydrogen-bond acceptors (Lipinski definition) is 6. The lowest BCUT2D eigenvalue weighted by molar-refractivity contribution is 0.0834. The zero-order valence-electron chi connectivity index (χ0n) is 20.3. The highest BCUT2D eigenvalue weighted by Gasteiger charge is 2.31. The van der Waals surface area contributed by atoms with Gasteiger partial charge >= 0.3 is 10.1 Å². The molecule has 0 saturated heterocycles. The standard InChI is InChI=1S/C28H28O6S/c1-18-5-9-22(10-6-18)35(29,30)34-26-16-21(31-4)8-11-23(26)20-15-19-7-12-25-24(27(19)32-17-20)13-14-28(2,3)33-25/h5-12,15-16H,13-14,17H2,1-4H3. The molecule has 0 spiro atoms. The third kappa shape index (κ3) is 4.60. The molecule has 0 fully saturated rings. The Balaban J connectivity index is 1.53. The van der Waals surface area contributed by atoms with Gasteiger partial charge in [-0.25, -0.2) is 0 Å². The Kier molecular flexibility index (Phi) is 5.75. The van der Waals surface area contributed by atoms with Crippen LogP contribution in [0.1, 0.15) is 42.5 Å². The summed E-state index contributed by atoms with van der Waals surface area (Å²) in [5.41, 5.74) is 4.20. The van der Waals surface area contributed by atoms with Crippen LogP contribution in [0.4, 0.5) is 0 Å². The molecule has 2 heterocycles. The number of hydrogen-bond donors (Lipinski definition) is 0. The fourth-order valence-corrected chi connectivity index (χ4v) is 5.33. The van der Waals surface area contributed by atoms with E-state index in [9.17, 15) is 8.42 Å². The summed E-state index contributed by atoms with van der Waals surface area (Å²) >= 11 is 0. The first-order chi connectivity index (χ1) is 16.6. The van der Waals surface area contributed by atoms with Crippen molar-refractivity contribution in [2.24, 2.45) is 0 Å². The van der Waals surface area contributed by atoms with Gasteiger partial charge in [0, 0.05) is 28.3 Å². The van der Waals surface area contributed by atoms with E-state index in [-0.39, 0.29) is 22.9 Å². The minimum absolute atomic E-state index is 0.0886. The van der Waals surface area contributed by atoms with Gasteiger partial charge in [0.2, 0.25) is 0 Å². The largest absolute Gasteiger partial charge is 0.497 e. The summed E-state index contributed by atoms with van der Waals surface area (Å²) < 4.78 is 49.4. The van der Waals surface area contributed by atoms with Crippen LogP contribution in [-0.4, -0.2) is 27.7 Å². The number of fused-ring (bicyclic) bond motifs is 3. The van der Waals surface area contributed by atoms with E-state index < -0.39 is 10.1 Å². The molecule has 3 aromatic carbocycles. The van der Waals surface area contributed by atoms with Gasteiger partial charge in [0.25, 0.3) is 0 Å². The van der Waals surface area contributed by atoms with Gasteiger partial charge in [-0.05, 0) is 76.1 Å². The highest BCUT2D eigenvalue weighted by molar-refractivity contribution is 7.87. The van der Waals surface area contributed by atoms with E-state index in [0.717, 1.165) is 46.6 Å². The molecule has 0 radical (unpaired) electrons. The number of aryl methyl sites for hydroxylation is 1. The average molecular weight is 493 g/mol. The Morgan fingerprint density at radius 2 is 1.77 bits per heavy atom. The molecule has 0 N–H and O–H groups in total. The molecule has 7 heteroatoms. The van der Waals surface area contributed by atoms with E-state index in [4.69, 9.17) is 18.4 Å². The Bertz CT molecular complexity index is 1420. The molecule has 5 rings (SSSR count). The van der Waals surface area contributed by atoms with Crippen LogP contribution in [0.25, 0.3) is 11.6 Å². The molecule has 0 bridgehead atoms. The minimum Gasteiger partial charge on any atom is -0.497 e. The summed E-state index contributed by atoms with van der Waals surface area (Å²) in [5, 5.41) is 0. The van der Waals surface area contributed by atoms with Crippen molar-refractivity contribution in [3.63, 3.8) is 0 Å². The molecule has 6 nitrogen and oxygen atoms in total. The molecule has 182 valence electrons. The molecule has 0 saturated carbocycles. The summed E-state index contributed by atoms with van der Waals surface area (Å²) in [6.07, 6.45) is 3.80. The SMILES string of the molecule is COc1ccc(C2=Cc3ccc4c(c3OC2)CCC(C)(C)O4)c(OS(=O)(=O)c2ccc(C)cc2)c1. The molecule has 2 aliphatic rings. The van der Waals surface area contributed by atoms with Crippen LogP contribution in [0, 0.1) is 6.92 Å². The summed E-state index contributed by atoms with van der Waals surface area (Å²) in [6, 6.07) is 15.7. The summed E-state index contributed by atoms with van der Waals surface area (Å²) in [5.74, 6) is 2.36. The van der Waals surface area contributed by atoms with Crippen LogP contribution in [0.3, 0.4) is 0 Å². The number of methoxy groups -OCH3 is 1. The Labute approximate surface area is 206 Å². The minimum atomic E-state index is -4.04. The topological polar surface area (TPSA) is 71.1 Å². The van der Waals surface area contributed by atoms with Crippen molar-refractivity contribution in [3.8, 4) is 23.0 Å². The first-order valence-corrected chi connectivity index (χ1v) is 12.9. The van der Waals surface area contributed by atoms with Crippen molar-refractivity contribution < 1.29 is 26.8 Å². The highest BCUT2D eigenvalue weighted by atomic mass is 32.2. The smallest absolute Gasteiger partial charge is 0.339 e. The van der Waals surface area contributed by atoms with Crippen molar-refractivity contribution in [2.75, 3.05) is 13.7 Å². The van der Waals surface area contributed by atoms with Gasteiger partial charge in [-0.2, -0.15) is 8.42 Å². The molecule has 35 heavy (non-hydrogen) atoms. The van der Waals surface area contributed by atoms with E-state index in [1.165, 1.54) is 19.2 Å². The summed E-state index contributed by atoms with van der Waals surface area (Å²) in [7, 11) is -2.51. The van der Waals surface area contributed by atoms with Gasteiger partial charge in [0.15, 0.2) is 5.75 Å². The summed E-state index contributed by atoms with van der Waals surface area (Å²) in [6.45, 7) is 6.35. The number of ether oxygens (including phenoxy) is 3. The van der Waals surface area contributed by atoms with E-state index in [1.807, 2.05) is 25.1 Å². The molecule has 0 aromatic heterocycles. The van der Waals surface area contributed by atoms with E-state index >= 15 is 0 Å². The van der Waals surface area contributed by atoms with Crippen LogP contribution >= 0.6 is 0 Å². The van der Waals surface area contributed by atoms with Crippen molar-refractivity contribution in [1.29, 1.82) is 0 Å². The first kappa shape index (κ1) is 23.3. The maximum absolute atomic E-state index is 13.0. The molecular weight excluding hydrogens is 464 g/mol. The third-order valence-electron chi connectivity index (χ3n) is 6.36. The predicted octanol–water partition coefficient (Wildman–Crippen LogP) is 5.81. The molecular formula is C28H28O6S. The van der Waals surface area contributed by atoms with Crippen LogP contribution < -0.4 is 18.4 Å².